The minimum atomic E-state index is -0.567. The van der Waals surface area contributed by atoms with Crippen molar-refractivity contribution in [1.29, 1.82) is 0 Å². The van der Waals surface area contributed by atoms with Crippen LogP contribution in [-0.4, -0.2) is 18.0 Å². The van der Waals surface area contributed by atoms with Crippen molar-refractivity contribution in [2.24, 2.45) is 5.92 Å². The molecule has 0 saturated heterocycles. The van der Waals surface area contributed by atoms with Crippen molar-refractivity contribution in [3.8, 4) is 0 Å². The average molecular weight is 336 g/mol. The Morgan fingerprint density at radius 1 is 0.840 bits per heavy atom. The molecule has 0 amide bonds. The lowest BCUT2D eigenvalue weighted by atomic mass is 9.84. The van der Waals surface area contributed by atoms with Crippen LogP contribution in [0.25, 0.3) is 0 Å². The van der Waals surface area contributed by atoms with Crippen LogP contribution in [0.4, 0.5) is 0 Å². The molecular weight excluding hydrogens is 312 g/mol. The van der Waals surface area contributed by atoms with E-state index in [1.54, 1.807) is 6.08 Å². The first-order chi connectivity index (χ1) is 12.1. The van der Waals surface area contributed by atoms with Crippen LogP contribution in [0.15, 0.2) is 72.3 Å². The zero-order chi connectivity index (χ0) is 17.6. The number of hydrogen-bond donors (Lipinski definition) is 0. The van der Waals surface area contributed by atoms with E-state index in [1.165, 1.54) is 0 Å². The SMILES string of the molecule is CC1=CC(=O)[C@H](OCc2ccccc2)[C@H](OCc2ccccc2)[C@H]1C. The van der Waals surface area contributed by atoms with Gasteiger partial charge in [0.15, 0.2) is 5.78 Å². The van der Waals surface area contributed by atoms with Crippen molar-refractivity contribution in [2.75, 3.05) is 0 Å². The standard InChI is InChI=1S/C22H24O3/c1-16-13-20(23)22(25-15-19-11-7-4-8-12-19)21(17(16)2)24-14-18-9-5-3-6-10-18/h3-13,17,21-22H,14-15H2,1-2H3/t17-,21+,22-/m0/s1. The first kappa shape index (κ1) is 17.6. The highest BCUT2D eigenvalue weighted by Crippen LogP contribution is 2.29. The van der Waals surface area contributed by atoms with Gasteiger partial charge in [0.1, 0.15) is 6.10 Å². The molecule has 0 saturated carbocycles. The van der Waals surface area contributed by atoms with Gasteiger partial charge in [-0.25, -0.2) is 0 Å². The van der Waals surface area contributed by atoms with Crippen LogP contribution in [0.5, 0.6) is 0 Å². The van der Waals surface area contributed by atoms with Crippen molar-refractivity contribution in [3.63, 3.8) is 0 Å². The monoisotopic (exact) mass is 336 g/mol. The lowest BCUT2D eigenvalue weighted by molar-refractivity contribution is -0.146. The second-order valence-corrected chi connectivity index (χ2v) is 6.56. The van der Waals surface area contributed by atoms with Crippen molar-refractivity contribution >= 4 is 5.78 Å². The molecule has 25 heavy (non-hydrogen) atoms. The molecule has 0 N–H and O–H groups in total. The number of carbonyl (C=O) groups is 1. The van der Waals surface area contributed by atoms with Crippen LogP contribution in [0.1, 0.15) is 25.0 Å². The molecule has 0 fully saturated rings. The van der Waals surface area contributed by atoms with Gasteiger partial charge in [0.05, 0.1) is 19.3 Å². The third-order valence-electron chi connectivity index (χ3n) is 4.72. The first-order valence-electron chi connectivity index (χ1n) is 8.68. The highest BCUT2D eigenvalue weighted by atomic mass is 16.5. The highest BCUT2D eigenvalue weighted by molar-refractivity contribution is 5.95. The van der Waals surface area contributed by atoms with Crippen molar-refractivity contribution < 1.29 is 14.3 Å². The number of ketones is 1. The summed E-state index contributed by atoms with van der Waals surface area (Å²) in [6, 6.07) is 19.9. The lowest BCUT2D eigenvalue weighted by Crippen LogP contribution is -2.45. The van der Waals surface area contributed by atoms with Gasteiger partial charge in [-0.15, -0.1) is 0 Å². The molecule has 1 aliphatic carbocycles. The van der Waals surface area contributed by atoms with E-state index in [4.69, 9.17) is 9.47 Å². The van der Waals surface area contributed by atoms with Crippen molar-refractivity contribution in [3.05, 3.63) is 83.4 Å². The van der Waals surface area contributed by atoms with Crippen molar-refractivity contribution in [2.45, 2.75) is 39.3 Å². The second-order valence-electron chi connectivity index (χ2n) is 6.56. The van der Waals surface area contributed by atoms with Gasteiger partial charge in [-0.3, -0.25) is 4.79 Å². The number of hydrogen-bond acceptors (Lipinski definition) is 3. The maximum Gasteiger partial charge on any atom is 0.187 e. The summed E-state index contributed by atoms with van der Waals surface area (Å²) in [7, 11) is 0. The Labute approximate surface area is 149 Å². The van der Waals surface area contributed by atoms with E-state index in [2.05, 4.69) is 6.92 Å². The van der Waals surface area contributed by atoms with Gasteiger partial charge >= 0.3 is 0 Å². The van der Waals surface area contributed by atoms with E-state index < -0.39 is 6.10 Å². The molecule has 0 bridgehead atoms. The molecule has 2 aromatic carbocycles. The van der Waals surface area contributed by atoms with Crippen LogP contribution in [-0.2, 0) is 27.5 Å². The number of ether oxygens (including phenoxy) is 2. The van der Waals surface area contributed by atoms with Crippen LogP contribution >= 0.6 is 0 Å². The fraction of sp³-hybridized carbons (Fsp3) is 0.318. The van der Waals surface area contributed by atoms with Crippen molar-refractivity contribution in [1.82, 2.24) is 0 Å². The number of rotatable bonds is 6. The minimum absolute atomic E-state index is 0.00964. The normalized spacial score (nSPS) is 23.4. The Bertz CT molecular complexity index is 721. The van der Waals surface area contributed by atoms with Crippen LogP contribution < -0.4 is 0 Å². The van der Waals surface area contributed by atoms with E-state index in [1.807, 2.05) is 67.6 Å². The Balaban J connectivity index is 1.71. The summed E-state index contributed by atoms with van der Waals surface area (Å²) >= 11 is 0. The second kappa shape index (κ2) is 8.24. The maximum absolute atomic E-state index is 12.5. The molecule has 1 aliphatic rings. The Morgan fingerprint density at radius 3 is 1.92 bits per heavy atom. The highest BCUT2D eigenvalue weighted by Gasteiger charge is 2.37. The predicted molar refractivity (Wildman–Crippen MR) is 98.0 cm³/mol. The first-order valence-corrected chi connectivity index (χ1v) is 8.68. The largest absolute Gasteiger partial charge is 0.370 e. The van der Waals surface area contributed by atoms with E-state index in [0.717, 1.165) is 16.7 Å². The molecule has 0 spiro atoms. The van der Waals surface area contributed by atoms with Crippen LogP contribution in [0, 0.1) is 5.92 Å². The summed E-state index contributed by atoms with van der Waals surface area (Å²) in [5, 5.41) is 0. The third kappa shape index (κ3) is 4.44. The molecule has 0 radical (unpaired) electrons. The molecule has 3 atom stereocenters. The summed E-state index contributed by atoms with van der Waals surface area (Å²) in [6.07, 6.45) is 0.854. The molecule has 0 unspecified atom stereocenters. The number of carbonyl (C=O) groups excluding carboxylic acids is 1. The van der Waals surface area contributed by atoms with Gasteiger partial charge in [0, 0.05) is 5.92 Å². The molecule has 3 nitrogen and oxygen atoms in total. The third-order valence-corrected chi connectivity index (χ3v) is 4.72. The topological polar surface area (TPSA) is 35.5 Å². The summed E-state index contributed by atoms with van der Waals surface area (Å²) < 4.78 is 12.1. The Hall–Kier alpha value is -2.23. The van der Waals surface area contributed by atoms with Gasteiger partial charge < -0.3 is 9.47 Å². The van der Waals surface area contributed by atoms with E-state index in [-0.39, 0.29) is 17.8 Å². The van der Waals surface area contributed by atoms with Gasteiger partial charge in [-0.2, -0.15) is 0 Å². The average Bonchev–Trinajstić information content (AvgIpc) is 2.64. The van der Waals surface area contributed by atoms with Crippen LogP contribution in [0.3, 0.4) is 0 Å². The van der Waals surface area contributed by atoms with Gasteiger partial charge in [-0.1, -0.05) is 73.2 Å². The molecular formula is C22H24O3. The molecule has 0 aliphatic heterocycles. The summed E-state index contributed by atoms with van der Waals surface area (Å²) in [5.41, 5.74) is 3.19. The maximum atomic E-state index is 12.5. The minimum Gasteiger partial charge on any atom is -0.370 e. The molecule has 2 aromatic rings. The summed E-state index contributed by atoms with van der Waals surface area (Å²) in [4.78, 5) is 12.5. The van der Waals surface area contributed by atoms with E-state index in [0.29, 0.717) is 13.2 Å². The summed E-state index contributed by atoms with van der Waals surface area (Å²) in [5.74, 6) is 0.131. The van der Waals surface area contributed by atoms with Gasteiger partial charge in [0.2, 0.25) is 0 Å². The molecule has 130 valence electrons. The molecule has 0 heterocycles. The lowest BCUT2D eigenvalue weighted by Gasteiger charge is -2.34. The molecule has 0 aromatic heterocycles. The fourth-order valence-corrected chi connectivity index (χ4v) is 3.06. The Kier molecular flexibility index (Phi) is 5.79. The zero-order valence-electron chi connectivity index (χ0n) is 14.7. The smallest absolute Gasteiger partial charge is 0.187 e. The molecule has 3 rings (SSSR count). The van der Waals surface area contributed by atoms with Crippen LogP contribution in [0.2, 0.25) is 0 Å². The summed E-state index contributed by atoms with van der Waals surface area (Å²) in [6.45, 7) is 4.95. The Morgan fingerprint density at radius 2 is 1.36 bits per heavy atom. The fourth-order valence-electron chi connectivity index (χ4n) is 3.06. The number of benzene rings is 2. The van der Waals surface area contributed by atoms with Gasteiger partial charge in [0.25, 0.3) is 0 Å². The predicted octanol–water partition coefficient (Wildman–Crippen LogP) is 4.32. The van der Waals surface area contributed by atoms with E-state index in [9.17, 15) is 4.79 Å². The van der Waals surface area contributed by atoms with E-state index >= 15 is 0 Å². The quantitative estimate of drug-likeness (QED) is 0.788. The molecule has 3 heteroatoms. The zero-order valence-corrected chi connectivity index (χ0v) is 14.7. The van der Waals surface area contributed by atoms with Gasteiger partial charge in [-0.05, 0) is 24.1 Å².